The van der Waals surface area contributed by atoms with Crippen molar-refractivity contribution in [1.29, 1.82) is 0 Å². The smallest absolute Gasteiger partial charge is 0.398 e. The Kier molecular flexibility index (Phi) is 4.72. The standard InChI is InChI=1S/C14H17F3N2O2/c15-14(16,17)11-3-1-2-10(12(11)18)13(20)19-8-9-4-6-21-7-5-9/h1-3,9H,4-8,18H2,(H,19,20). The molecule has 4 nitrogen and oxygen atoms in total. The Morgan fingerprint density at radius 1 is 1.33 bits per heavy atom. The molecule has 0 aliphatic carbocycles. The maximum Gasteiger partial charge on any atom is 0.418 e. The number of amides is 1. The Morgan fingerprint density at radius 2 is 2.00 bits per heavy atom. The molecule has 1 heterocycles. The molecule has 1 amide bonds. The van der Waals surface area contributed by atoms with E-state index in [4.69, 9.17) is 10.5 Å². The molecule has 116 valence electrons. The third-order valence-corrected chi connectivity index (χ3v) is 3.55. The molecule has 7 heteroatoms. The molecule has 1 saturated heterocycles. The van der Waals surface area contributed by atoms with Crippen molar-refractivity contribution in [2.24, 2.45) is 5.92 Å². The highest BCUT2D eigenvalue weighted by Crippen LogP contribution is 2.34. The fourth-order valence-electron chi connectivity index (χ4n) is 2.29. The summed E-state index contributed by atoms with van der Waals surface area (Å²) in [5.74, 6) is -0.292. The highest BCUT2D eigenvalue weighted by Gasteiger charge is 2.34. The fourth-order valence-corrected chi connectivity index (χ4v) is 2.29. The number of nitrogen functional groups attached to an aromatic ring is 1. The van der Waals surface area contributed by atoms with Gasteiger partial charge in [-0.3, -0.25) is 4.79 Å². The lowest BCUT2D eigenvalue weighted by Gasteiger charge is -2.22. The topological polar surface area (TPSA) is 64.4 Å². The summed E-state index contributed by atoms with van der Waals surface area (Å²) in [5.41, 5.74) is 3.82. The van der Waals surface area contributed by atoms with Crippen LogP contribution in [0.3, 0.4) is 0 Å². The molecule has 0 radical (unpaired) electrons. The van der Waals surface area contributed by atoms with Gasteiger partial charge in [0.05, 0.1) is 16.8 Å². The molecule has 1 aromatic rings. The van der Waals surface area contributed by atoms with Crippen molar-refractivity contribution in [2.75, 3.05) is 25.5 Å². The maximum atomic E-state index is 12.7. The number of halogens is 3. The number of hydrogen-bond donors (Lipinski definition) is 2. The van der Waals surface area contributed by atoms with Crippen LogP contribution in [0.2, 0.25) is 0 Å². The second-order valence-corrected chi connectivity index (χ2v) is 5.03. The molecule has 0 bridgehead atoms. The molecule has 2 rings (SSSR count). The number of nitrogens with two attached hydrogens (primary N) is 1. The van der Waals surface area contributed by atoms with Crippen molar-refractivity contribution < 1.29 is 22.7 Å². The third-order valence-electron chi connectivity index (χ3n) is 3.55. The monoisotopic (exact) mass is 302 g/mol. The van der Waals surface area contributed by atoms with Gasteiger partial charge in [0.1, 0.15) is 0 Å². The van der Waals surface area contributed by atoms with E-state index < -0.39 is 23.3 Å². The quantitative estimate of drug-likeness (QED) is 0.843. The predicted molar refractivity (Wildman–Crippen MR) is 71.7 cm³/mol. The van der Waals surface area contributed by atoms with Crippen molar-refractivity contribution in [3.05, 3.63) is 29.3 Å². The zero-order chi connectivity index (χ0) is 15.5. The largest absolute Gasteiger partial charge is 0.418 e. The molecule has 1 aliphatic rings. The predicted octanol–water partition coefficient (Wildman–Crippen LogP) is 2.44. The Labute approximate surface area is 120 Å². The normalized spacial score (nSPS) is 16.7. The van der Waals surface area contributed by atoms with Crippen LogP contribution in [-0.4, -0.2) is 25.7 Å². The zero-order valence-electron chi connectivity index (χ0n) is 11.4. The number of anilines is 1. The summed E-state index contributed by atoms with van der Waals surface area (Å²) in [6.07, 6.45) is -2.90. The summed E-state index contributed by atoms with van der Waals surface area (Å²) in [4.78, 5) is 12.0. The number of nitrogens with one attached hydrogen (secondary N) is 1. The molecule has 1 aliphatic heterocycles. The van der Waals surface area contributed by atoms with E-state index in [1.807, 2.05) is 0 Å². The molecule has 1 fully saturated rings. The van der Waals surface area contributed by atoms with E-state index in [0.29, 0.717) is 19.8 Å². The average Bonchev–Trinajstić information content (AvgIpc) is 2.45. The lowest BCUT2D eigenvalue weighted by atomic mass is 10.00. The summed E-state index contributed by atoms with van der Waals surface area (Å²) in [6, 6.07) is 3.34. The van der Waals surface area contributed by atoms with Gasteiger partial charge in [0.15, 0.2) is 0 Å². The van der Waals surface area contributed by atoms with Gasteiger partial charge in [-0.2, -0.15) is 13.2 Å². The minimum Gasteiger partial charge on any atom is -0.398 e. The fraction of sp³-hybridized carbons (Fsp3) is 0.500. The summed E-state index contributed by atoms with van der Waals surface area (Å²) in [5, 5.41) is 2.65. The van der Waals surface area contributed by atoms with Gasteiger partial charge >= 0.3 is 6.18 Å². The van der Waals surface area contributed by atoms with Crippen LogP contribution in [0.1, 0.15) is 28.8 Å². The average molecular weight is 302 g/mol. The highest BCUT2D eigenvalue weighted by molar-refractivity contribution is 5.99. The molecule has 0 aromatic heterocycles. The van der Waals surface area contributed by atoms with Crippen LogP contribution in [0.15, 0.2) is 18.2 Å². The summed E-state index contributed by atoms with van der Waals surface area (Å²) in [6.45, 7) is 1.70. The number of ether oxygens (including phenoxy) is 1. The summed E-state index contributed by atoms with van der Waals surface area (Å²) < 4.78 is 43.4. The number of para-hydroxylation sites is 1. The maximum absolute atomic E-state index is 12.7. The van der Waals surface area contributed by atoms with Crippen LogP contribution in [0.4, 0.5) is 18.9 Å². The van der Waals surface area contributed by atoms with Crippen LogP contribution in [-0.2, 0) is 10.9 Å². The third kappa shape index (κ3) is 3.87. The van der Waals surface area contributed by atoms with Crippen molar-refractivity contribution >= 4 is 11.6 Å². The van der Waals surface area contributed by atoms with Crippen molar-refractivity contribution in [3.63, 3.8) is 0 Å². The van der Waals surface area contributed by atoms with Crippen LogP contribution < -0.4 is 11.1 Å². The number of alkyl halides is 3. The number of hydrogen-bond acceptors (Lipinski definition) is 3. The second-order valence-electron chi connectivity index (χ2n) is 5.03. The van der Waals surface area contributed by atoms with Crippen molar-refractivity contribution in [2.45, 2.75) is 19.0 Å². The van der Waals surface area contributed by atoms with Gasteiger partial charge in [-0.25, -0.2) is 0 Å². The number of rotatable bonds is 3. The van der Waals surface area contributed by atoms with Crippen molar-refractivity contribution in [3.8, 4) is 0 Å². The first-order valence-electron chi connectivity index (χ1n) is 6.71. The van der Waals surface area contributed by atoms with E-state index in [2.05, 4.69) is 5.32 Å². The molecular weight excluding hydrogens is 285 g/mol. The van der Waals surface area contributed by atoms with Gasteiger partial charge in [-0.1, -0.05) is 6.07 Å². The SMILES string of the molecule is Nc1c(C(=O)NCC2CCOCC2)cccc1C(F)(F)F. The van der Waals surface area contributed by atoms with Gasteiger partial charge in [-0.15, -0.1) is 0 Å². The van der Waals surface area contributed by atoms with Gasteiger partial charge in [0.25, 0.3) is 5.91 Å². The van der Waals surface area contributed by atoms with Crippen LogP contribution >= 0.6 is 0 Å². The molecule has 0 unspecified atom stereocenters. The van der Waals surface area contributed by atoms with E-state index in [-0.39, 0.29) is 11.5 Å². The molecule has 21 heavy (non-hydrogen) atoms. The molecule has 0 spiro atoms. The van der Waals surface area contributed by atoms with Crippen LogP contribution in [0, 0.1) is 5.92 Å². The first kappa shape index (κ1) is 15.6. The first-order chi connectivity index (χ1) is 9.89. The highest BCUT2D eigenvalue weighted by atomic mass is 19.4. The Bertz CT molecular complexity index is 511. The lowest BCUT2D eigenvalue weighted by Crippen LogP contribution is -2.32. The van der Waals surface area contributed by atoms with Crippen LogP contribution in [0.5, 0.6) is 0 Å². The van der Waals surface area contributed by atoms with Gasteiger partial charge < -0.3 is 15.8 Å². The molecule has 0 atom stereocenters. The first-order valence-corrected chi connectivity index (χ1v) is 6.71. The number of carbonyl (C=O) groups excluding carboxylic acids is 1. The molecule has 3 N–H and O–H groups in total. The number of carbonyl (C=O) groups is 1. The minimum atomic E-state index is -4.57. The molecular formula is C14H17F3N2O2. The van der Waals surface area contributed by atoms with E-state index in [1.54, 1.807) is 0 Å². The Morgan fingerprint density at radius 3 is 2.62 bits per heavy atom. The lowest BCUT2D eigenvalue weighted by molar-refractivity contribution is -0.136. The molecule has 1 aromatic carbocycles. The second kappa shape index (κ2) is 6.34. The van der Waals surface area contributed by atoms with E-state index in [9.17, 15) is 18.0 Å². The van der Waals surface area contributed by atoms with E-state index in [0.717, 1.165) is 18.9 Å². The summed E-state index contributed by atoms with van der Waals surface area (Å²) >= 11 is 0. The van der Waals surface area contributed by atoms with Crippen LogP contribution in [0.25, 0.3) is 0 Å². The molecule has 0 saturated carbocycles. The Balaban J connectivity index is 2.05. The summed E-state index contributed by atoms with van der Waals surface area (Å²) in [7, 11) is 0. The van der Waals surface area contributed by atoms with E-state index in [1.165, 1.54) is 12.1 Å². The minimum absolute atomic E-state index is 0.142. The van der Waals surface area contributed by atoms with Crippen molar-refractivity contribution in [1.82, 2.24) is 5.32 Å². The zero-order valence-corrected chi connectivity index (χ0v) is 11.4. The number of benzene rings is 1. The Hall–Kier alpha value is -1.76. The van der Waals surface area contributed by atoms with Gasteiger partial charge in [-0.05, 0) is 30.9 Å². The van der Waals surface area contributed by atoms with E-state index >= 15 is 0 Å². The van der Waals surface area contributed by atoms with Gasteiger partial charge in [0, 0.05) is 19.8 Å². The van der Waals surface area contributed by atoms with Gasteiger partial charge in [0.2, 0.25) is 0 Å².